The van der Waals surface area contributed by atoms with Gasteiger partial charge < -0.3 is 9.80 Å². The number of fused-ring (bicyclic) bond motifs is 4. The molecule has 0 saturated carbocycles. The van der Waals surface area contributed by atoms with Gasteiger partial charge in [-0.15, -0.1) is 0 Å². The minimum Gasteiger partial charge on any atom is -0.372 e. The lowest BCUT2D eigenvalue weighted by Crippen LogP contribution is -2.29. The SMILES string of the molecule is C1=Cc2cc(-c3ccccc3)c(-c3c4ccc(N5CCCCC5)cc4c(-c4cc5ccccc5cc4-c4ccccc4)c4ccc(N5CCCCC5)cc34)cc2CC1. The van der Waals surface area contributed by atoms with Crippen LogP contribution in [-0.2, 0) is 6.42 Å². The molecular weight excluding hydrogens is 701 g/mol. The molecule has 11 rings (SSSR count). The van der Waals surface area contributed by atoms with Crippen molar-refractivity contribution in [1.82, 2.24) is 0 Å². The van der Waals surface area contributed by atoms with Gasteiger partial charge in [-0.25, -0.2) is 0 Å². The molecule has 284 valence electrons. The van der Waals surface area contributed by atoms with Crippen molar-refractivity contribution in [2.45, 2.75) is 51.4 Å². The Morgan fingerprint density at radius 3 is 1.41 bits per heavy atom. The average molecular weight is 751 g/mol. The van der Waals surface area contributed by atoms with E-state index in [1.54, 1.807) is 0 Å². The molecule has 58 heavy (non-hydrogen) atoms. The number of piperidine rings is 2. The summed E-state index contributed by atoms with van der Waals surface area (Å²) >= 11 is 0. The summed E-state index contributed by atoms with van der Waals surface area (Å²) in [5, 5.41) is 7.87. The Labute approximate surface area is 343 Å². The van der Waals surface area contributed by atoms with Gasteiger partial charge in [-0.3, -0.25) is 0 Å². The highest BCUT2D eigenvalue weighted by Crippen LogP contribution is 2.51. The largest absolute Gasteiger partial charge is 0.372 e. The number of allylic oxidation sites excluding steroid dienone is 1. The third-order valence-electron chi connectivity index (χ3n) is 13.3. The van der Waals surface area contributed by atoms with Crippen LogP contribution in [0.25, 0.3) is 82.9 Å². The summed E-state index contributed by atoms with van der Waals surface area (Å²) in [4.78, 5) is 5.27. The van der Waals surface area contributed by atoms with Crippen molar-refractivity contribution in [3.8, 4) is 44.5 Å². The van der Waals surface area contributed by atoms with Gasteiger partial charge in [-0.1, -0.05) is 109 Å². The van der Waals surface area contributed by atoms with Gasteiger partial charge in [0.15, 0.2) is 0 Å². The molecule has 0 amide bonds. The lowest BCUT2D eigenvalue weighted by Gasteiger charge is -2.31. The number of hydrogen-bond acceptors (Lipinski definition) is 2. The standard InChI is InChI=1S/C56H50N2/c1-5-17-39(18-6-1)49-33-41-21-9-11-23-43(41)35-51(49)55-47-27-25-46(58-31-15-4-16-32-58)38-54(47)56(48-28-26-45(37-53(48)55)57-29-13-3-14-30-57)52-36-44-24-12-10-22-42(44)34-50(52)40-19-7-2-8-20-40/h1-2,5-11,17-23,25-28,33-38H,3-4,12-16,24,29-32H2. The van der Waals surface area contributed by atoms with Crippen LogP contribution in [0.3, 0.4) is 0 Å². The summed E-state index contributed by atoms with van der Waals surface area (Å²) in [5.41, 5.74) is 15.9. The maximum Gasteiger partial charge on any atom is 0.0372 e. The summed E-state index contributed by atoms with van der Waals surface area (Å²) in [6, 6.07) is 56.0. The number of rotatable bonds is 6. The number of anilines is 2. The van der Waals surface area contributed by atoms with Gasteiger partial charge in [-0.2, -0.15) is 0 Å². The lowest BCUT2D eigenvalue weighted by atomic mass is 9.80. The topological polar surface area (TPSA) is 6.48 Å². The zero-order chi connectivity index (χ0) is 38.4. The summed E-state index contributed by atoms with van der Waals surface area (Å²) < 4.78 is 0. The first-order valence-corrected chi connectivity index (χ1v) is 21.8. The highest BCUT2D eigenvalue weighted by atomic mass is 15.1. The van der Waals surface area contributed by atoms with Crippen LogP contribution in [-0.4, -0.2) is 26.2 Å². The van der Waals surface area contributed by atoms with Gasteiger partial charge in [0.05, 0.1) is 0 Å². The average Bonchev–Trinajstić information content (AvgIpc) is 3.30. The molecule has 2 fully saturated rings. The smallest absolute Gasteiger partial charge is 0.0372 e. The van der Waals surface area contributed by atoms with Crippen molar-refractivity contribution in [3.05, 3.63) is 163 Å². The van der Waals surface area contributed by atoms with Gasteiger partial charge in [-0.05, 0) is 188 Å². The Hall–Kier alpha value is -6.12. The normalized spacial score (nSPS) is 15.7. The highest BCUT2D eigenvalue weighted by Gasteiger charge is 2.25. The lowest BCUT2D eigenvalue weighted by molar-refractivity contribution is 0.578. The maximum atomic E-state index is 2.64. The molecule has 1 aliphatic carbocycles. The first kappa shape index (κ1) is 35.1. The van der Waals surface area contributed by atoms with Crippen LogP contribution in [0.2, 0.25) is 0 Å². The van der Waals surface area contributed by atoms with Crippen LogP contribution >= 0.6 is 0 Å². The van der Waals surface area contributed by atoms with Gasteiger partial charge in [0.1, 0.15) is 0 Å². The van der Waals surface area contributed by atoms with Crippen molar-refractivity contribution in [2.24, 2.45) is 0 Å². The molecule has 2 heteroatoms. The van der Waals surface area contributed by atoms with Crippen LogP contribution in [0.1, 0.15) is 56.1 Å². The Morgan fingerprint density at radius 1 is 0.379 bits per heavy atom. The predicted molar refractivity (Wildman–Crippen MR) is 250 cm³/mol. The van der Waals surface area contributed by atoms with E-state index < -0.39 is 0 Å². The Balaban J connectivity index is 1.30. The fourth-order valence-corrected chi connectivity index (χ4v) is 10.3. The quantitative estimate of drug-likeness (QED) is 0.156. The van der Waals surface area contributed by atoms with Crippen LogP contribution in [0, 0.1) is 0 Å². The maximum absolute atomic E-state index is 2.64. The van der Waals surface area contributed by atoms with Crippen LogP contribution in [0.5, 0.6) is 0 Å². The number of nitrogens with zero attached hydrogens (tertiary/aromatic N) is 2. The van der Waals surface area contributed by atoms with Gasteiger partial charge in [0.25, 0.3) is 0 Å². The highest BCUT2D eigenvalue weighted by molar-refractivity contribution is 6.25. The molecule has 3 aliphatic rings. The minimum absolute atomic E-state index is 1.07. The second-order valence-electron chi connectivity index (χ2n) is 16.8. The molecule has 0 atom stereocenters. The van der Waals surface area contributed by atoms with Crippen LogP contribution < -0.4 is 9.80 Å². The molecule has 0 spiro atoms. The van der Waals surface area contributed by atoms with Crippen molar-refractivity contribution < 1.29 is 0 Å². The third kappa shape index (κ3) is 6.27. The van der Waals surface area contributed by atoms with Crippen molar-refractivity contribution >= 4 is 49.8 Å². The van der Waals surface area contributed by atoms with Gasteiger partial charge >= 0.3 is 0 Å². The first-order chi connectivity index (χ1) is 28.8. The van der Waals surface area contributed by atoms with E-state index in [4.69, 9.17) is 0 Å². The van der Waals surface area contributed by atoms with E-state index in [0.29, 0.717) is 0 Å². The first-order valence-electron chi connectivity index (χ1n) is 21.8. The fourth-order valence-electron chi connectivity index (χ4n) is 10.3. The number of aryl methyl sites for hydroxylation is 1. The summed E-state index contributed by atoms with van der Waals surface area (Å²) in [5.74, 6) is 0. The van der Waals surface area contributed by atoms with Gasteiger partial charge in [0.2, 0.25) is 0 Å². The number of benzene rings is 8. The zero-order valence-electron chi connectivity index (χ0n) is 33.4. The molecule has 0 radical (unpaired) electrons. The fraction of sp³-hybridized carbons (Fsp3) is 0.214. The Bertz CT molecular complexity index is 2840. The second-order valence-corrected chi connectivity index (χ2v) is 16.8. The van der Waals surface area contributed by atoms with E-state index in [1.165, 1.54) is 138 Å². The van der Waals surface area contributed by atoms with Crippen molar-refractivity contribution in [1.29, 1.82) is 0 Å². The summed E-state index contributed by atoms with van der Waals surface area (Å²) in [6.07, 6.45) is 14.5. The van der Waals surface area contributed by atoms with Crippen LogP contribution in [0.15, 0.2) is 152 Å². The van der Waals surface area contributed by atoms with Crippen molar-refractivity contribution in [2.75, 3.05) is 36.0 Å². The molecule has 2 nitrogen and oxygen atoms in total. The second kappa shape index (κ2) is 15.0. The Kier molecular flexibility index (Phi) is 9.07. The van der Waals surface area contributed by atoms with E-state index >= 15 is 0 Å². The van der Waals surface area contributed by atoms with E-state index in [0.717, 1.165) is 39.0 Å². The Morgan fingerprint density at radius 2 is 0.862 bits per heavy atom. The van der Waals surface area contributed by atoms with Gasteiger partial charge in [0, 0.05) is 37.6 Å². The molecule has 2 saturated heterocycles. The predicted octanol–water partition coefficient (Wildman–Crippen LogP) is 14.8. The molecule has 0 bridgehead atoms. The molecule has 0 N–H and O–H groups in total. The van der Waals surface area contributed by atoms with E-state index in [-0.39, 0.29) is 0 Å². The van der Waals surface area contributed by atoms with E-state index in [2.05, 4.69) is 168 Å². The van der Waals surface area contributed by atoms with E-state index in [1.807, 2.05) is 0 Å². The summed E-state index contributed by atoms with van der Waals surface area (Å²) in [6.45, 7) is 4.46. The zero-order valence-corrected chi connectivity index (χ0v) is 33.4. The van der Waals surface area contributed by atoms with E-state index in [9.17, 15) is 0 Å². The molecular formula is C56H50N2. The molecule has 0 aromatic heterocycles. The molecule has 2 aliphatic heterocycles. The molecule has 8 aromatic rings. The molecule has 8 aromatic carbocycles. The van der Waals surface area contributed by atoms with Crippen molar-refractivity contribution in [3.63, 3.8) is 0 Å². The molecule has 2 heterocycles. The number of hydrogen-bond donors (Lipinski definition) is 0. The monoisotopic (exact) mass is 750 g/mol. The van der Waals surface area contributed by atoms with Crippen LogP contribution in [0.4, 0.5) is 11.4 Å². The third-order valence-corrected chi connectivity index (χ3v) is 13.3. The summed E-state index contributed by atoms with van der Waals surface area (Å²) in [7, 11) is 0. The molecule has 0 unspecified atom stereocenters. The minimum atomic E-state index is 1.07.